The molecule has 104 valence electrons. The van der Waals surface area contributed by atoms with Gasteiger partial charge in [-0.15, -0.1) is 0 Å². The quantitative estimate of drug-likeness (QED) is 0.898. The minimum absolute atomic E-state index is 0.0140. The number of hydrogen-bond donors (Lipinski definition) is 1. The Morgan fingerprint density at radius 2 is 2.05 bits per heavy atom. The molecule has 4 heteroatoms. The maximum absolute atomic E-state index is 12.0. The summed E-state index contributed by atoms with van der Waals surface area (Å²) in [5, 5.41) is 3.03. The maximum Gasteiger partial charge on any atom is 0.237 e. The van der Waals surface area contributed by atoms with E-state index in [0.717, 1.165) is 12.2 Å². The Morgan fingerprint density at radius 1 is 1.37 bits per heavy atom. The Labute approximate surface area is 119 Å². The van der Waals surface area contributed by atoms with Gasteiger partial charge in [-0.1, -0.05) is 18.2 Å². The summed E-state index contributed by atoms with van der Waals surface area (Å²) in [6.45, 7) is 5.21. The van der Waals surface area contributed by atoms with Crippen molar-refractivity contribution in [3.63, 3.8) is 0 Å². The fourth-order valence-electron chi connectivity index (χ4n) is 2.30. The van der Waals surface area contributed by atoms with Crippen LogP contribution in [0.25, 0.3) is 0 Å². The predicted octanol–water partition coefficient (Wildman–Crippen LogP) is 2.97. The molecule has 0 bridgehead atoms. The number of carbonyl (C=O) groups is 1. The summed E-state index contributed by atoms with van der Waals surface area (Å²) < 4.78 is 0. The van der Waals surface area contributed by atoms with Crippen LogP contribution in [0, 0.1) is 0 Å². The topological polar surface area (TPSA) is 32.3 Å². The van der Waals surface area contributed by atoms with Crippen LogP contribution in [-0.2, 0) is 11.3 Å². The lowest BCUT2D eigenvalue weighted by atomic mass is 10.1. The summed E-state index contributed by atoms with van der Waals surface area (Å²) >= 11 is 1.57. The first-order valence-corrected chi connectivity index (χ1v) is 8.13. The number of amides is 1. The van der Waals surface area contributed by atoms with Crippen molar-refractivity contribution in [3.8, 4) is 0 Å². The third-order valence-electron chi connectivity index (χ3n) is 3.59. The van der Waals surface area contributed by atoms with E-state index in [1.807, 2.05) is 31.4 Å². The first-order chi connectivity index (χ1) is 9.20. The Morgan fingerprint density at radius 3 is 2.74 bits per heavy atom. The van der Waals surface area contributed by atoms with E-state index in [9.17, 15) is 4.79 Å². The predicted molar refractivity (Wildman–Crippen MR) is 82.6 cm³/mol. The minimum atomic E-state index is -0.0140. The van der Waals surface area contributed by atoms with E-state index in [1.165, 1.54) is 31.5 Å². The number of likely N-dealkylation sites (tertiary alicyclic amines) is 1. The standard InChI is InChI=1S/C15H22N2OS/c1-12(19-2)15(18)16-14-8-4-3-7-13(14)11-17-9-5-6-10-17/h3-4,7-8,12H,5-6,9-11H2,1-2H3,(H,16,18). The van der Waals surface area contributed by atoms with Crippen LogP contribution in [-0.4, -0.2) is 35.4 Å². The molecule has 19 heavy (non-hydrogen) atoms. The Bertz CT molecular complexity index is 430. The van der Waals surface area contributed by atoms with E-state index in [4.69, 9.17) is 0 Å². The van der Waals surface area contributed by atoms with Crippen LogP contribution in [0.5, 0.6) is 0 Å². The zero-order valence-corrected chi connectivity index (χ0v) is 12.5. The van der Waals surface area contributed by atoms with Crippen LogP contribution in [0.15, 0.2) is 24.3 Å². The van der Waals surface area contributed by atoms with Gasteiger partial charge in [0, 0.05) is 12.2 Å². The van der Waals surface area contributed by atoms with E-state index in [2.05, 4.69) is 16.3 Å². The Balaban J connectivity index is 2.05. The van der Waals surface area contributed by atoms with Gasteiger partial charge in [-0.2, -0.15) is 11.8 Å². The van der Waals surface area contributed by atoms with Crippen LogP contribution < -0.4 is 5.32 Å². The van der Waals surface area contributed by atoms with Crippen LogP contribution in [0.4, 0.5) is 5.69 Å². The summed E-state index contributed by atoms with van der Waals surface area (Å²) in [6, 6.07) is 8.12. The first kappa shape index (κ1) is 14.4. The van der Waals surface area contributed by atoms with Crippen LogP contribution in [0.2, 0.25) is 0 Å². The zero-order chi connectivity index (χ0) is 13.7. The highest BCUT2D eigenvalue weighted by Gasteiger charge is 2.16. The number of anilines is 1. The second-order valence-electron chi connectivity index (χ2n) is 5.01. The van der Waals surface area contributed by atoms with Crippen molar-refractivity contribution in [1.29, 1.82) is 0 Å². The summed E-state index contributed by atoms with van der Waals surface area (Å²) in [6.07, 6.45) is 4.54. The molecule has 1 aromatic carbocycles. The molecule has 1 aliphatic heterocycles. The lowest BCUT2D eigenvalue weighted by Gasteiger charge is -2.18. The van der Waals surface area contributed by atoms with E-state index in [1.54, 1.807) is 11.8 Å². The van der Waals surface area contributed by atoms with Gasteiger partial charge in [0.1, 0.15) is 0 Å². The summed E-state index contributed by atoms with van der Waals surface area (Å²) in [4.78, 5) is 14.4. The second kappa shape index (κ2) is 6.96. The molecular weight excluding hydrogens is 256 g/mol. The second-order valence-corrected chi connectivity index (χ2v) is 6.19. The third-order valence-corrected chi connectivity index (χ3v) is 4.51. The zero-order valence-electron chi connectivity index (χ0n) is 11.7. The molecule has 3 nitrogen and oxygen atoms in total. The third kappa shape index (κ3) is 3.98. The van der Waals surface area contributed by atoms with Crippen molar-refractivity contribution in [2.45, 2.75) is 31.6 Å². The average molecular weight is 278 g/mol. The smallest absolute Gasteiger partial charge is 0.237 e. The van der Waals surface area contributed by atoms with Gasteiger partial charge in [0.25, 0.3) is 0 Å². The van der Waals surface area contributed by atoms with Gasteiger partial charge in [0.15, 0.2) is 0 Å². The van der Waals surface area contributed by atoms with Gasteiger partial charge in [-0.3, -0.25) is 9.69 Å². The molecule has 1 aliphatic rings. The number of carbonyl (C=O) groups excluding carboxylic acids is 1. The molecule has 1 amide bonds. The van der Waals surface area contributed by atoms with Gasteiger partial charge < -0.3 is 5.32 Å². The van der Waals surface area contributed by atoms with Gasteiger partial charge in [0.2, 0.25) is 5.91 Å². The SMILES string of the molecule is CSC(C)C(=O)Nc1ccccc1CN1CCCC1. The number of hydrogen-bond acceptors (Lipinski definition) is 3. The van der Waals surface area contributed by atoms with E-state index >= 15 is 0 Å². The van der Waals surface area contributed by atoms with E-state index in [-0.39, 0.29) is 11.2 Å². The van der Waals surface area contributed by atoms with Crippen molar-refractivity contribution >= 4 is 23.4 Å². The van der Waals surface area contributed by atoms with E-state index < -0.39 is 0 Å². The number of benzene rings is 1. The molecule has 1 unspecified atom stereocenters. The molecule has 2 rings (SSSR count). The Kier molecular flexibility index (Phi) is 5.28. The summed E-state index contributed by atoms with van der Waals surface area (Å²) in [5.41, 5.74) is 2.17. The molecule has 1 N–H and O–H groups in total. The molecule has 0 spiro atoms. The molecule has 0 radical (unpaired) electrons. The molecule has 0 aromatic heterocycles. The number of nitrogens with one attached hydrogen (secondary N) is 1. The molecule has 0 saturated carbocycles. The molecule has 0 aliphatic carbocycles. The largest absolute Gasteiger partial charge is 0.325 e. The highest BCUT2D eigenvalue weighted by molar-refractivity contribution is 7.99. The number of para-hydroxylation sites is 1. The normalized spacial score (nSPS) is 17.4. The molecule has 1 saturated heterocycles. The van der Waals surface area contributed by atoms with Crippen LogP contribution in [0.3, 0.4) is 0 Å². The fraction of sp³-hybridized carbons (Fsp3) is 0.533. The van der Waals surface area contributed by atoms with Gasteiger partial charge in [-0.05, 0) is 50.7 Å². The van der Waals surface area contributed by atoms with Gasteiger partial charge in [0.05, 0.1) is 5.25 Å². The number of thioether (sulfide) groups is 1. The van der Waals surface area contributed by atoms with Crippen LogP contribution in [0.1, 0.15) is 25.3 Å². The fourth-order valence-corrected chi connectivity index (χ4v) is 2.58. The summed E-state index contributed by atoms with van der Waals surface area (Å²) in [5.74, 6) is 0.0846. The van der Waals surface area contributed by atoms with Crippen molar-refractivity contribution in [3.05, 3.63) is 29.8 Å². The minimum Gasteiger partial charge on any atom is -0.325 e. The van der Waals surface area contributed by atoms with E-state index in [0.29, 0.717) is 0 Å². The van der Waals surface area contributed by atoms with Crippen molar-refractivity contribution in [1.82, 2.24) is 4.90 Å². The highest BCUT2D eigenvalue weighted by atomic mass is 32.2. The molecule has 1 heterocycles. The highest BCUT2D eigenvalue weighted by Crippen LogP contribution is 2.21. The molecular formula is C15H22N2OS. The van der Waals surface area contributed by atoms with Crippen molar-refractivity contribution in [2.24, 2.45) is 0 Å². The lowest BCUT2D eigenvalue weighted by Crippen LogP contribution is -2.24. The molecule has 1 atom stereocenters. The molecule has 1 fully saturated rings. The van der Waals surface area contributed by atoms with Crippen molar-refractivity contribution in [2.75, 3.05) is 24.7 Å². The van der Waals surface area contributed by atoms with Crippen LogP contribution >= 0.6 is 11.8 Å². The molecule has 1 aromatic rings. The lowest BCUT2D eigenvalue weighted by molar-refractivity contribution is -0.115. The Hall–Kier alpha value is -1.00. The number of rotatable bonds is 5. The average Bonchev–Trinajstić information content (AvgIpc) is 2.93. The maximum atomic E-state index is 12.0. The van der Waals surface area contributed by atoms with Gasteiger partial charge in [-0.25, -0.2) is 0 Å². The monoisotopic (exact) mass is 278 g/mol. The van der Waals surface area contributed by atoms with Gasteiger partial charge >= 0.3 is 0 Å². The first-order valence-electron chi connectivity index (χ1n) is 6.84. The van der Waals surface area contributed by atoms with Crippen molar-refractivity contribution < 1.29 is 4.79 Å². The number of nitrogens with zero attached hydrogens (tertiary/aromatic N) is 1. The summed E-state index contributed by atoms with van der Waals surface area (Å²) in [7, 11) is 0.